The fourth-order valence-corrected chi connectivity index (χ4v) is 1.64. The fraction of sp³-hybridized carbons (Fsp3) is 0.154. The molecule has 0 fully saturated rings. The van der Waals surface area contributed by atoms with Crippen molar-refractivity contribution in [3.05, 3.63) is 59.0 Å². The molecule has 0 saturated carbocycles. The maximum absolute atomic E-state index is 11.7. The third-order valence-electron chi connectivity index (χ3n) is 2.46. The molecule has 1 amide bonds. The molecular weight excluding hydrogens is 238 g/mol. The van der Waals surface area contributed by atoms with E-state index in [9.17, 15) is 4.79 Å². The minimum atomic E-state index is -0.225. The molecule has 88 valence electrons. The van der Waals surface area contributed by atoms with Gasteiger partial charge in [0.05, 0.1) is 12.3 Å². The normalized spacial score (nSPS) is 12.1. The number of furan rings is 1. The second kappa shape index (κ2) is 5.06. The molecule has 1 heterocycles. The highest BCUT2D eigenvalue weighted by Crippen LogP contribution is 2.16. The Balaban J connectivity index is 2.04. The van der Waals surface area contributed by atoms with E-state index in [4.69, 9.17) is 16.0 Å². The molecule has 1 unspecified atom stereocenters. The predicted molar refractivity (Wildman–Crippen MR) is 66.0 cm³/mol. The van der Waals surface area contributed by atoms with Gasteiger partial charge < -0.3 is 9.73 Å². The van der Waals surface area contributed by atoms with Crippen molar-refractivity contribution in [3.8, 4) is 0 Å². The number of hydrogen-bond donors (Lipinski definition) is 1. The van der Waals surface area contributed by atoms with Crippen LogP contribution in [0.4, 0.5) is 0 Å². The first-order valence-corrected chi connectivity index (χ1v) is 5.64. The Kier molecular flexibility index (Phi) is 3.49. The molecule has 4 heteroatoms. The molecule has 17 heavy (non-hydrogen) atoms. The van der Waals surface area contributed by atoms with Crippen molar-refractivity contribution in [1.82, 2.24) is 5.32 Å². The van der Waals surface area contributed by atoms with Crippen LogP contribution in [0.2, 0.25) is 5.02 Å². The van der Waals surface area contributed by atoms with Crippen molar-refractivity contribution >= 4 is 17.5 Å². The van der Waals surface area contributed by atoms with E-state index in [0.29, 0.717) is 10.8 Å². The summed E-state index contributed by atoms with van der Waals surface area (Å²) in [7, 11) is 0. The van der Waals surface area contributed by atoms with Crippen molar-refractivity contribution < 1.29 is 9.21 Å². The lowest BCUT2D eigenvalue weighted by Crippen LogP contribution is -2.26. The van der Waals surface area contributed by atoms with Gasteiger partial charge >= 0.3 is 0 Å². The van der Waals surface area contributed by atoms with Crippen molar-refractivity contribution in [1.29, 1.82) is 0 Å². The predicted octanol–water partition coefficient (Wildman–Crippen LogP) is 3.42. The van der Waals surface area contributed by atoms with Crippen LogP contribution in [0.15, 0.2) is 47.1 Å². The van der Waals surface area contributed by atoms with E-state index in [1.165, 1.54) is 6.26 Å². The monoisotopic (exact) mass is 249 g/mol. The average molecular weight is 250 g/mol. The second-order valence-electron chi connectivity index (χ2n) is 3.72. The van der Waals surface area contributed by atoms with E-state index in [1.54, 1.807) is 24.3 Å². The third-order valence-corrected chi connectivity index (χ3v) is 2.71. The Morgan fingerprint density at radius 3 is 2.59 bits per heavy atom. The molecule has 1 atom stereocenters. The molecule has 0 aliphatic carbocycles. The molecule has 3 nitrogen and oxygen atoms in total. The van der Waals surface area contributed by atoms with Crippen LogP contribution in [0.1, 0.15) is 29.1 Å². The van der Waals surface area contributed by atoms with Crippen LogP contribution >= 0.6 is 11.6 Å². The quantitative estimate of drug-likeness (QED) is 0.906. The molecule has 0 aliphatic heterocycles. The van der Waals surface area contributed by atoms with Crippen molar-refractivity contribution in [2.24, 2.45) is 0 Å². The largest absolute Gasteiger partial charge is 0.459 e. The van der Waals surface area contributed by atoms with E-state index < -0.39 is 0 Å². The molecule has 0 bridgehead atoms. The lowest BCUT2D eigenvalue weighted by molar-refractivity contribution is 0.0912. The maximum atomic E-state index is 11.7. The topological polar surface area (TPSA) is 42.2 Å². The summed E-state index contributed by atoms with van der Waals surface area (Å²) in [5.41, 5.74) is 0.995. The zero-order chi connectivity index (χ0) is 12.3. The Morgan fingerprint density at radius 1 is 1.29 bits per heavy atom. The van der Waals surface area contributed by atoms with Crippen LogP contribution in [0.5, 0.6) is 0 Å². The SMILES string of the molecule is CC(NC(=O)c1ccco1)c1ccc(Cl)cc1. The Bertz CT molecular complexity index is 491. The molecule has 0 aliphatic rings. The Labute approximate surface area is 104 Å². The van der Waals surface area contributed by atoms with Gasteiger partial charge in [-0.05, 0) is 36.8 Å². The standard InChI is InChI=1S/C13H12ClNO2/c1-9(10-4-6-11(14)7-5-10)15-13(16)12-3-2-8-17-12/h2-9H,1H3,(H,15,16). The van der Waals surface area contributed by atoms with Gasteiger partial charge in [-0.1, -0.05) is 23.7 Å². The van der Waals surface area contributed by atoms with Gasteiger partial charge in [0, 0.05) is 5.02 Å². The highest BCUT2D eigenvalue weighted by molar-refractivity contribution is 6.30. The zero-order valence-electron chi connectivity index (χ0n) is 9.31. The van der Waals surface area contributed by atoms with Crippen LogP contribution in [-0.4, -0.2) is 5.91 Å². The van der Waals surface area contributed by atoms with E-state index in [0.717, 1.165) is 5.56 Å². The first-order valence-electron chi connectivity index (χ1n) is 5.26. The van der Waals surface area contributed by atoms with Gasteiger partial charge in [-0.2, -0.15) is 0 Å². The Morgan fingerprint density at radius 2 is 2.00 bits per heavy atom. The van der Waals surface area contributed by atoms with Crippen molar-refractivity contribution in [3.63, 3.8) is 0 Å². The summed E-state index contributed by atoms with van der Waals surface area (Å²) >= 11 is 5.80. The van der Waals surface area contributed by atoms with Crippen LogP contribution in [0.3, 0.4) is 0 Å². The highest BCUT2D eigenvalue weighted by Gasteiger charge is 2.12. The summed E-state index contributed by atoms with van der Waals surface area (Å²) in [6.45, 7) is 1.91. The molecule has 1 N–H and O–H groups in total. The summed E-state index contributed by atoms with van der Waals surface area (Å²) in [6, 6.07) is 10.6. The molecule has 1 aromatic heterocycles. The number of benzene rings is 1. The molecule has 2 rings (SSSR count). The van der Waals surface area contributed by atoms with Crippen LogP contribution in [0.25, 0.3) is 0 Å². The van der Waals surface area contributed by atoms with Crippen LogP contribution < -0.4 is 5.32 Å². The minimum absolute atomic E-state index is 0.0927. The van der Waals surface area contributed by atoms with Gasteiger partial charge in [0.1, 0.15) is 0 Å². The molecule has 0 spiro atoms. The first-order chi connectivity index (χ1) is 8.16. The van der Waals surface area contributed by atoms with E-state index in [-0.39, 0.29) is 11.9 Å². The fourth-order valence-electron chi connectivity index (χ4n) is 1.51. The molecule has 0 radical (unpaired) electrons. The van der Waals surface area contributed by atoms with Crippen LogP contribution in [-0.2, 0) is 0 Å². The molecular formula is C13H12ClNO2. The van der Waals surface area contributed by atoms with E-state index >= 15 is 0 Å². The van der Waals surface area contributed by atoms with Crippen molar-refractivity contribution in [2.45, 2.75) is 13.0 Å². The Hall–Kier alpha value is -1.74. The van der Waals surface area contributed by atoms with Crippen LogP contribution in [0, 0.1) is 0 Å². The summed E-state index contributed by atoms with van der Waals surface area (Å²) in [4.78, 5) is 11.7. The number of amides is 1. The van der Waals surface area contributed by atoms with Gasteiger partial charge in [-0.15, -0.1) is 0 Å². The van der Waals surface area contributed by atoms with E-state index in [2.05, 4.69) is 5.32 Å². The van der Waals surface area contributed by atoms with E-state index in [1.807, 2.05) is 19.1 Å². The lowest BCUT2D eigenvalue weighted by atomic mass is 10.1. The maximum Gasteiger partial charge on any atom is 0.287 e. The third kappa shape index (κ3) is 2.88. The summed E-state index contributed by atoms with van der Waals surface area (Å²) < 4.78 is 5.02. The number of rotatable bonds is 3. The summed E-state index contributed by atoms with van der Waals surface area (Å²) in [5, 5.41) is 3.52. The second-order valence-corrected chi connectivity index (χ2v) is 4.16. The summed E-state index contributed by atoms with van der Waals surface area (Å²) in [5.74, 6) is 0.0864. The van der Waals surface area contributed by atoms with Gasteiger partial charge in [-0.25, -0.2) is 0 Å². The number of hydrogen-bond acceptors (Lipinski definition) is 2. The average Bonchev–Trinajstić information content (AvgIpc) is 2.83. The van der Waals surface area contributed by atoms with Gasteiger partial charge in [-0.3, -0.25) is 4.79 Å². The van der Waals surface area contributed by atoms with Gasteiger partial charge in [0.25, 0.3) is 5.91 Å². The van der Waals surface area contributed by atoms with Crippen molar-refractivity contribution in [2.75, 3.05) is 0 Å². The smallest absolute Gasteiger partial charge is 0.287 e. The number of carbonyl (C=O) groups is 1. The minimum Gasteiger partial charge on any atom is -0.459 e. The molecule has 2 aromatic rings. The molecule has 0 saturated heterocycles. The number of nitrogens with one attached hydrogen (secondary N) is 1. The number of carbonyl (C=O) groups excluding carboxylic acids is 1. The van der Waals surface area contributed by atoms with Gasteiger partial charge in [0.15, 0.2) is 5.76 Å². The van der Waals surface area contributed by atoms with Gasteiger partial charge in [0.2, 0.25) is 0 Å². The molecule has 1 aromatic carbocycles. The first kappa shape index (κ1) is 11.7. The zero-order valence-corrected chi connectivity index (χ0v) is 10.1. The summed E-state index contributed by atoms with van der Waals surface area (Å²) in [6.07, 6.45) is 1.47. The lowest BCUT2D eigenvalue weighted by Gasteiger charge is -2.13. The number of halogens is 1. The highest BCUT2D eigenvalue weighted by atomic mass is 35.5.